The first-order chi connectivity index (χ1) is 9.42. The number of nitrogens with two attached hydrogens (primary N) is 1. The minimum Gasteiger partial charge on any atom is -0.369 e. The molecule has 2 aliphatic rings. The normalized spacial score (nSPS) is 23.9. The van der Waals surface area contributed by atoms with Crippen molar-refractivity contribution in [3.63, 3.8) is 0 Å². The molecule has 0 saturated carbocycles. The number of hydrogen-bond acceptors (Lipinski definition) is 5. The van der Waals surface area contributed by atoms with Gasteiger partial charge in [-0.1, -0.05) is 17.7 Å². The molecule has 20 heavy (non-hydrogen) atoms. The number of guanidine groups is 1. The minimum absolute atomic E-state index is 0.220. The summed E-state index contributed by atoms with van der Waals surface area (Å²) in [5.41, 5.74) is 7.97. The van der Waals surface area contributed by atoms with E-state index in [-0.39, 0.29) is 17.0 Å². The predicted molar refractivity (Wildman–Crippen MR) is 80.8 cm³/mol. The third kappa shape index (κ3) is 2.18. The summed E-state index contributed by atoms with van der Waals surface area (Å²) in [5, 5.41) is 0. The van der Waals surface area contributed by atoms with Gasteiger partial charge in [-0.25, -0.2) is 8.42 Å². The van der Waals surface area contributed by atoms with Crippen molar-refractivity contribution in [2.24, 2.45) is 10.7 Å². The molecule has 1 saturated heterocycles. The third-order valence-electron chi connectivity index (χ3n) is 4.29. The molecule has 0 radical (unpaired) electrons. The average Bonchev–Trinajstić information content (AvgIpc) is 2.73. The Bertz CT molecular complexity index is 636. The maximum atomic E-state index is 11.7. The summed E-state index contributed by atoms with van der Waals surface area (Å²) in [6, 6.07) is 8.12. The molecule has 2 heterocycles. The van der Waals surface area contributed by atoms with Gasteiger partial charge in [0.05, 0.1) is 23.6 Å². The molecule has 2 aliphatic heterocycles. The van der Waals surface area contributed by atoms with E-state index in [1.54, 1.807) is 0 Å². The molecule has 0 aliphatic carbocycles. The summed E-state index contributed by atoms with van der Waals surface area (Å²) in [4.78, 5) is 6.40. The Hall–Kier alpha value is -1.56. The molecule has 6 heteroatoms. The van der Waals surface area contributed by atoms with E-state index in [0.29, 0.717) is 25.3 Å². The van der Waals surface area contributed by atoms with Crippen LogP contribution in [0.3, 0.4) is 0 Å². The van der Waals surface area contributed by atoms with Gasteiger partial charge in [0.2, 0.25) is 0 Å². The molecule has 1 aromatic carbocycles. The number of aliphatic imine (C=N–C) groups is 1. The molecule has 1 spiro atoms. The quantitative estimate of drug-likeness (QED) is 0.840. The summed E-state index contributed by atoms with van der Waals surface area (Å²) in [5.74, 6) is 0.934. The summed E-state index contributed by atoms with van der Waals surface area (Å²) < 4.78 is 23.3. The van der Waals surface area contributed by atoms with Gasteiger partial charge in [-0.05, 0) is 31.9 Å². The molecule has 108 valence electrons. The first-order valence-electron chi connectivity index (χ1n) is 6.79. The monoisotopic (exact) mass is 293 g/mol. The van der Waals surface area contributed by atoms with Crippen molar-refractivity contribution in [2.75, 3.05) is 23.0 Å². The first-order valence-corrected chi connectivity index (χ1v) is 8.61. The van der Waals surface area contributed by atoms with E-state index in [0.717, 1.165) is 5.69 Å². The molecule has 1 aromatic rings. The fraction of sp³-hybridized carbons (Fsp3) is 0.500. The second kappa shape index (κ2) is 4.48. The van der Waals surface area contributed by atoms with Crippen molar-refractivity contribution in [1.82, 2.24) is 0 Å². The Labute approximate surface area is 119 Å². The fourth-order valence-electron chi connectivity index (χ4n) is 3.01. The van der Waals surface area contributed by atoms with Crippen LogP contribution in [0.5, 0.6) is 0 Å². The first kappa shape index (κ1) is 13.4. The Morgan fingerprint density at radius 1 is 1.20 bits per heavy atom. The van der Waals surface area contributed by atoms with Crippen molar-refractivity contribution in [3.8, 4) is 0 Å². The summed E-state index contributed by atoms with van der Waals surface area (Å²) >= 11 is 0. The maximum absolute atomic E-state index is 11.7. The van der Waals surface area contributed by atoms with Crippen LogP contribution in [0.4, 0.5) is 5.69 Å². The van der Waals surface area contributed by atoms with Gasteiger partial charge in [-0.15, -0.1) is 0 Å². The van der Waals surface area contributed by atoms with Crippen molar-refractivity contribution in [2.45, 2.75) is 25.3 Å². The molecule has 2 N–H and O–H groups in total. The lowest BCUT2D eigenvalue weighted by atomic mass is 9.90. The number of benzene rings is 1. The summed E-state index contributed by atoms with van der Waals surface area (Å²) in [7, 11) is -2.89. The lowest BCUT2D eigenvalue weighted by Gasteiger charge is -2.41. The molecule has 1 fully saturated rings. The Morgan fingerprint density at radius 2 is 1.80 bits per heavy atom. The second-order valence-electron chi connectivity index (χ2n) is 5.72. The van der Waals surface area contributed by atoms with Crippen LogP contribution >= 0.6 is 0 Å². The molecular formula is C14H19N3O2S. The van der Waals surface area contributed by atoms with E-state index in [1.165, 1.54) is 5.56 Å². The van der Waals surface area contributed by atoms with Crippen LogP contribution < -0.4 is 10.6 Å². The Kier molecular flexibility index (Phi) is 3.01. The summed E-state index contributed by atoms with van der Waals surface area (Å²) in [6.45, 7) is 2.62. The molecular weight excluding hydrogens is 274 g/mol. The second-order valence-corrected chi connectivity index (χ2v) is 8.03. The highest BCUT2D eigenvalue weighted by molar-refractivity contribution is 7.91. The fourth-order valence-corrected chi connectivity index (χ4v) is 4.60. The van der Waals surface area contributed by atoms with Crippen LogP contribution in [0.25, 0.3) is 0 Å². The van der Waals surface area contributed by atoms with Crippen LogP contribution in [0, 0.1) is 6.92 Å². The zero-order valence-corrected chi connectivity index (χ0v) is 12.4. The average molecular weight is 293 g/mol. The lowest BCUT2D eigenvalue weighted by Crippen LogP contribution is -2.55. The topological polar surface area (TPSA) is 75.8 Å². The predicted octanol–water partition coefficient (Wildman–Crippen LogP) is 1.08. The lowest BCUT2D eigenvalue weighted by molar-refractivity contribution is 0.409. The number of anilines is 1. The number of nitrogens with zero attached hydrogens (tertiary/aromatic N) is 2. The van der Waals surface area contributed by atoms with Gasteiger partial charge in [0.15, 0.2) is 15.8 Å². The number of aryl methyl sites for hydroxylation is 1. The van der Waals surface area contributed by atoms with Crippen LogP contribution in [0.2, 0.25) is 0 Å². The van der Waals surface area contributed by atoms with Crippen molar-refractivity contribution in [3.05, 3.63) is 29.8 Å². The molecule has 0 bridgehead atoms. The molecule has 0 aromatic heterocycles. The number of sulfone groups is 1. The zero-order valence-electron chi connectivity index (χ0n) is 11.5. The van der Waals surface area contributed by atoms with Crippen LogP contribution in [-0.2, 0) is 9.84 Å². The van der Waals surface area contributed by atoms with Gasteiger partial charge in [0.1, 0.15) is 0 Å². The highest BCUT2D eigenvalue weighted by Crippen LogP contribution is 2.37. The van der Waals surface area contributed by atoms with Crippen molar-refractivity contribution >= 4 is 21.5 Å². The van der Waals surface area contributed by atoms with Crippen LogP contribution in [-0.4, -0.2) is 38.0 Å². The smallest absolute Gasteiger partial charge is 0.196 e. The Balaban J connectivity index is 1.95. The van der Waals surface area contributed by atoms with Gasteiger partial charge in [0.25, 0.3) is 0 Å². The van der Waals surface area contributed by atoms with E-state index in [1.807, 2.05) is 36.1 Å². The highest BCUT2D eigenvalue weighted by Gasteiger charge is 2.46. The van der Waals surface area contributed by atoms with E-state index >= 15 is 0 Å². The minimum atomic E-state index is -2.89. The van der Waals surface area contributed by atoms with Crippen molar-refractivity contribution in [1.29, 1.82) is 0 Å². The van der Waals surface area contributed by atoms with Gasteiger partial charge < -0.3 is 10.6 Å². The van der Waals surface area contributed by atoms with Crippen molar-refractivity contribution < 1.29 is 8.42 Å². The molecule has 0 unspecified atom stereocenters. The van der Waals surface area contributed by atoms with Gasteiger partial charge >= 0.3 is 0 Å². The van der Waals surface area contributed by atoms with Gasteiger partial charge in [-0.2, -0.15) is 0 Å². The largest absolute Gasteiger partial charge is 0.369 e. The summed E-state index contributed by atoms with van der Waals surface area (Å²) in [6.07, 6.45) is 1.18. The van der Waals surface area contributed by atoms with E-state index in [4.69, 9.17) is 5.73 Å². The number of hydrogen-bond donors (Lipinski definition) is 1. The van der Waals surface area contributed by atoms with E-state index < -0.39 is 9.84 Å². The molecule has 0 atom stereocenters. The van der Waals surface area contributed by atoms with Gasteiger partial charge in [-0.3, -0.25) is 4.99 Å². The highest BCUT2D eigenvalue weighted by atomic mass is 32.2. The van der Waals surface area contributed by atoms with Crippen LogP contribution in [0.15, 0.2) is 29.3 Å². The standard InChI is InChI=1S/C14H19N3O2S/c1-11-2-4-12(5-3-11)17-13(15)16-10-14(17)6-8-20(18,19)9-7-14/h2-5H,6-10H2,1H3,(H2,15,16). The molecule has 5 nitrogen and oxygen atoms in total. The number of rotatable bonds is 1. The SMILES string of the molecule is Cc1ccc(N2C(N)=NCC23CCS(=O)(=O)CC3)cc1. The Morgan fingerprint density at radius 3 is 2.40 bits per heavy atom. The zero-order chi connectivity index (χ0) is 14.4. The van der Waals surface area contributed by atoms with E-state index in [9.17, 15) is 8.42 Å². The van der Waals surface area contributed by atoms with Crippen LogP contribution in [0.1, 0.15) is 18.4 Å². The maximum Gasteiger partial charge on any atom is 0.196 e. The third-order valence-corrected chi connectivity index (χ3v) is 5.94. The van der Waals surface area contributed by atoms with Gasteiger partial charge in [0, 0.05) is 5.69 Å². The molecule has 0 amide bonds. The van der Waals surface area contributed by atoms with E-state index in [2.05, 4.69) is 4.99 Å². The molecule has 3 rings (SSSR count).